The molecule has 0 radical (unpaired) electrons. The molecule has 1 unspecified atom stereocenters. The standard InChI is InChI=1S/C15H30N4O2.ClH/c1-11(2)15(3,10-16)19-13(20)9-17-14(21)18-12-7-5-4-6-8-12;/h11-12H,4-10,16H2,1-3H3,(H,19,20)(H2,17,18,21);1H. The Labute approximate surface area is 139 Å². The summed E-state index contributed by atoms with van der Waals surface area (Å²) in [6.07, 6.45) is 5.62. The lowest BCUT2D eigenvalue weighted by Crippen LogP contribution is -2.57. The third kappa shape index (κ3) is 6.83. The summed E-state index contributed by atoms with van der Waals surface area (Å²) in [5, 5.41) is 8.43. The molecule has 0 aromatic rings. The Hall–Kier alpha value is -1.01. The highest BCUT2D eigenvalue weighted by Gasteiger charge is 2.28. The van der Waals surface area contributed by atoms with Crippen LogP contribution in [-0.2, 0) is 4.79 Å². The van der Waals surface area contributed by atoms with Crippen LogP contribution in [0.1, 0.15) is 52.9 Å². The summed E-state index contributed by atoms with van der Waals surface area (Å²) >= 11 is 0. The predicted molar refractivity (Wildman–Crippen MR) is 91.1 cm³/mol. The Morgan fingerprint density at radius 2 is 1.82 bits per heavy atom. The fourth-order valence-corrected chi connectivity index (χ4v) is 2.44. The molecule has 5 N–H and O–H groups in total. The van der Waals surface area contributed by atoms with E-state index in [1.807, 2.05) is 20.8 Å². The first-order chi connectivity index (χ1) is 9.87. The Kier molecular flexibility index (Phi) is 9.44. The summed E-state index contributed by atoms with van der Waals surface area (Å²) in [6.45, 7) is 6.27. The molecule has 0 aromatic carbocycles. The topological polar surface area (TPSA) is 96.2 Å². The van der Waals surface area contributed by atoms with E-state index in [0.717, 1.165) is 25.7 Å². The van der Waals surface area contributed by atoms with Gasteiger partial charge in [0.2, 0.25) is 5.91 Å². The summed E-state index contributed by atoms with van der Waals surface area (Å²) in [6, 6.07) is -0.0252. The highest BCUT2D eigenvalue weighted by atomic mass is 35.5. The minimum atomic E-state index is -0.446. The van der Waals surface area contributed by atoms with Crippen molar-refractivity contribution in [2.24, 2.45) is 11.7 Å². The van der Waals surface area contributed by atoms with E-state index in [4.69, 9.17) is 5.73 Å². The molecule has 0 bridgehead atoms. The number of rotatable bonds is 6. The van der Waals surface area contributed by atoms with Crippen LogP contribution in [0.5, 0.6) is 0 Å². The number of hydrogen-bond acceptors (Lipinski definition) is 3. The fourth-order valence-electron chi connectivity index (χ4n) is 2.44. The summed E-state index contributed by atoms with van der Waals surface area (Å²) in [5.74, 6) is 0.0120. The highest BCUT2D eigenvalue weighted by molar-refractivity contribution is 5.85. The number of carbonyl (C=O) groups excluding carboxylic acids is 2. The molecule has 1 saturated carbocycles. The van der Waals surface area contributed by atoms with Crippen LogP contribution in [0.3, 0.4) is 0 Å². The molecule has 0 heterocycles. The van der Waals surface area contributed by atoms with E-state index in [9.17, 15) is 9.59 Å². The largest absolute Gasteiger partial charge is 0.348 e. The van der Waals surface area contributed by atoms with Gasteiger partial charge >= 0.3 is 6.03 Å². The van der Waals surface area contributed by atoms with Crippen LogP contribution in [-0.4, -0.2) is 36.6 Å². The average molecular weight is 335 g/mol. The predicted octanol–water partition coefficient (Wildman–Crippen LogP) is 1.53. The van der Waals surface area contributed by atoms with Gasteiger partial charge in [-0.3, -0.25) is 4.79 Å². The van der Waals surface area contributed by atoms with Crippen LogP contribution >= 0.6 is 12.4 Å². The molecule has 3 amide bonds. The Morgan fingerprint density at radius 3 is 2.32 bits per heavy atom. The van der Waals surface area contributed by atoms with Crippen LogP contribution < -0.4 is 21.7 Å². The lowest BCUT2D eigenvalue weighted by atomic mass is 9.88. The summed E-state index contributed by atoms with van der Waals surface area (Å²) in [5.41, 5.74) is 5.28. The first kappa shape index (κ1) is 21.0. The van der Waals surface area contributed by atoms with Gasteiger partial charge in [-0.1, -0.05) is 33.1 Å². The van der Waals surface area contributed by atoms with Crippen molar-refractivity contribution in [3.05, 3.63) is 0 Å². The van der Waals surface area contributed by atoms with Gasteiger partial charge in [-0.2, -0.15) is 0 Å². The maximum Gasteiger partial charge on any atom is 0.315 e. The molecule has 0 saturated heterocycles. The number of urea groups is 1. The zero-order valence-electron chi connectivity index (χ0n) is 13.9. The van der Waals surface area contributed by atoms with Crippen molar-refractivity contribution in [2.75, 3.05) is 13.1 Å². The lowest BCUT2D eigenvalue weighted by molar-refractivity contribution is -0.122. The van der Waals surface area contributed by atoms with Gasteiger partial charge in [0.05, 0.1) is 12.1 Å². The highest BCUT2D eigenvalue weighted by Crippen LogP contribution is 2.17. The van der Waals surface area contributed by atoms with Crippen LogP contribution in [0.15, 0.2) is 0 Å². The van der Waals surface area contributed by atoms with Crippen molar-refractivity contribution in [3.8, 4) is 0 Å². The van der Waals surface area contributed by atoms with E-state index in [1.165, 1.54) is 6.42 Å². The van der Waals surface area contributed by atoms with Gasteiger partial charge in [0.1, 0.15) is 0 Å². The molecule has 0 aliphatic heterocycles. The molecule has 7 heteroatoms. The third-order valence-electron chi connectivity index (χ3n) is 4.47. The molecule has 1 atom stereocenters. The van der Waals surface area contributed by atoms with Gasteiger partial charge in [0.15, 0.2) is 0 Å². The molecular weight excluding hydrogens is 304 g/mol. The van der Waals surface area contributed by atoms with Crippen molar-refractivity contribution in [2.45, 2.75) is 64.5 Å². The number of carbonyl (C=O) groups is 2. The molecular formula is C15H31ClN4O2. The second-order valence-electron chi connectivity index (χ2n) is 6.49. The van der Waals surface area contributed by atoms with Crippen molar-refractivity contribution in [1.29, 1.82) is 0 Å². The van der Waals surface area contributed by atoms with Gasteiger partial charge in [0, 0.05) is 12.6 Å². The van der Waals surface area contributed by atoms with E-state index in [-0.39, 0.29) is 42.8 Å². The first-order valence-corrected chi connectivity index (χ1v) is 7.93. The Morgan fingerprint density at radius 1 is 1.23 bits per heavy atom. The zero-order chi connectivity index (χ0) is 15.9. The summed E-state index contributed by atoms with van der Waals surface area (Å²) in [4.78, 5) is 23.7. The van der Waals surface area contributed by atoms with Crippen molar-refractivity contribution < 1.29 is 9.59 Å². The van der Waals surface area contributed by atoms with Gasteiger partial charge in [-0.25, -0.2) is 4.79 Å². The summed E-state index contributed by atoms with van der Waals surface area (Å²) < 4.78 is 0. The van der Waals surface area contributed by atoms with Gasteiger partial charge < -0.3 is 21.7 Å². The summed E-state index contributed by atoms with van der Waals surface area (Å²) in [7, 11) is 0. The van der Waals surface area contributed by atoms with E-state index in [0.29, 0.717) is 6.54 Å². The van der Waals surface area contributed by atoms with Crippen LogP contribution in [0.25, 0.3) is 0 Å². The monoisotopic (exact) mass is 334 g/mol. The Bertz CT molecular complexity index is 359. The van der Waals surface area contributed by atoms with E-state index in [2.05, 4.69) is 16.0 Å². The number of halogens is 1. The minimum absolute atomic E-state index is 0. The molecule has 0 spiro atoms. The van der Waals surface area contributed by atoms with Crippen LogP contribution in [0.2, 0.25) is 0 Å². The maximum atomic E-state index is 11.9. The van der Waals surface area contributed by atoms with Crippen molar-refractivity contribution in [3.63, 3.8) is 0 Å². The number of nitrogens with two attached hydrogens (primary N) is 1. The number of nitrogens with one attached hydrogen (secondary N) is 3. The van der Waals surface area contributed by atoms with Crippen LogP contribution in [0.4, 0.5) is 4.79 Å². The molecule has 130 valence electrons. The fraction of sp³-hybridized carbons (Fsp3) is 0.867. The van der Waals surface area contributed by atoms with Crippen LogP contribution in [0, 0.1) is 5.92 Å². The molecule has 0 aromatic heterocycles. The molecule has 1 rings (SSSR count). The molecule has 1 aliphatic rings. The van der Waals surface area contributed by atoms with Gasteiger partial charge in [0.25, 0.3) is 0 Å². The minimum Gasteiger partial charge on any atom is -0.348 e. The SMILES string of the molecule is CC(C)C(C)(CN)NC(=O)CNC(=O)NC1CCCCC1.Cl. The molecule has 22 heavy (non-hydrogen) atoms. The zero-order valence-corrected chi connectivity index (χ0v) is 14.7. The normalized spacial score (nSPS) is 18.0. The molecule has 1 fully saturated rings. The average Bonchev–Trinajstić information content (AvgIpc) is 2.46. The number of amides is 3. The first-order valence-electron chi connectivity index (χ1n) is 7.93. The maximum absolute atomic E-state index is 11.9. The molecule has 6 nitrogen and oxygen atoms in total. The molecule has 1 aliphatic carbocycles. The quantitative estimate of drug-likeness (QED) is 0.593. The second-order valence-corrected chi connectivity index (χ2v) is 6.49. The van der Waals surface area contributed by atoms with E-state index in [1.54, 1.807) is 0 Å². The third-order valence-corrected chi connectivity index (χ3v) is 4.47. The van der Waals surface area contributed by atoms with Gasteiger partial charge in [-0.15, -0.1) is 12.4 Å². The van der Waals surface area contributed by atoms with E-state index >= 15 is 0 Å². The second kappa shape index (κ2) is 9.90. The van der Waals surface area contributed by atoms with Crippen molar-refractivity contribution in [1.82, 2.24) is 16.0 Å². The van der Waals surface area contributed by atoms with Crippen molar-refractivity contribution >= 4 is 24.3 Å². The van der Waals surface area contributed by atoms with Gasteiger partial charge in [-0.05, 0) is 25.7 Å². The van der Waals surface area contributed by atoms with E-state index < -0.39 is 5.54 Å². The lowest BCUT2D eigenvalue weighted by Gasteiger charge is -2.33. The smallest absolute Gasteiger partial charge is 0.315 e. The Balaban J connectivity index is 0.00000441. The number of hydrogen-bond donors (Lipinski definition) is 4.